The van der Waals surface area contributed by atoms with E-state index in [1.165, 1.54) is 6.07 Å². The van der Waals surface area contributed by atoms with Crippen LogP contribution in [0.1, 0.15) is 23.6 Å². The Morgan fingerprint density at radius 2 is 2.31 bits per heavy atom. The fourth-order valence-electron chi connectivity index (χ4n) is 1.35. The zero-order valence-electron chi connectivity index (χ0n) is 9.20. The molecule has 1 aromatic carbocycles. The van der Waals surface area contributed by atoms with E-state index in [0.717, 1.165) is 0 Å². The first-order valence-corrected chi connectivity index (χ1v) is 5.19. The fourth-order valence-corrected chi connectivity index (χ4v) is 1.35. The largest absolute Gasteiger partial charge is 0.396 e. The van der Waals surface area contributed by atoms with Gasteiger partial charge in [-0.2, -0.15) is 5.26 Å². The summed E-state index contributed by atoms with van der Waals surface area (Å²) in [5, 5.41) is 20.5. The van der Waals surface area contributed by atoms with Gasteiger partial charge in [-0.05, 0) is 37.1 Å². The molecular weight excluding hydrogens is 207 g/mol. The molecule has 0 heterocycles. The summed E-state index contributed by atoms with van der Waals surface area (Å²) < 4.78 is 13.3. The number of nitrogens with one attached hydrogen (secondary N) is 1. The number of aliphatic hydroxyl groups is 1. The van der Waals surface area contributed by atoms with Crippen LogP contribution in [0.25, 0.3) is 0 Å². The van der Waals surface area contributed by atoms with Gasteiger partial charge >= 0.3 is 0 Å². The molecule has 0 saturated carbocycles. The molecule has 86 valence electrons. The van der Waals surface area contributed by atoms with Gasteiger partial charge in [0.2, 0.25) is 0 Å². The summed E-state index contributed by atoms with van der Waals surface area (Å²) in [4.78, 5) is 0. The third kappa shape index (κ3) is 3.30. The third-order valence-corrected chi connectivity index (χ3v) is 2.34. The number of hydrogen-bond acceptors (Lipinski definition) is 3. The van der Waals surface area contributed by atoms with E-state index in [4.69, 9.17) is 10.4 Å². The molecule has 4 heteroatoms. The molecule has 1 unspecified atom stereocenters. The quantitative estimate of drug-likeness (QED) is 0.745. The number of aliphatic hydroxyl groups excluding tert-OH is 1. The Kier molecular flexibility index (Phi) is 4.90. The second kappa shape index (κ2) is 6.21. The average Bonchev–Trinajstić information content (AvgIpc) is 2.29. The first kappa shape index (κ1) is 12.6. The molecule has 1 rings (SSSR count). The Bertz CT molecular complexity index is 387. The fraction of sp³-hybridized carbons (Fsp3) is 0.417. The van der Waals surface area contributed by atoms with E-state index in [-0.39, 0.29) is 12.4 Å². The topological polar surface area (TPSA) is 56.0 Å². The van der Waals surface area contributed by atoms with Crippen molar-refractivity contribution in [3.05, 3.63) is 35.1 Å². The molecule has 0 saturated heterocycles. The molecule has 3 nitrogen and oxygen atoms in total. The van der Waals surface area contributed by atoms with Gasteiger partial charge in [0.05, 0.1) is 6.07 Å². The van der Waals surface area contributed by atoms with E-state index < -0.39 is 6.04 Å². The number of rotatable bonds is 5. The van der Waals surface area contributed by atoms with Crippen LogP contribution in [-0.2, 0) is 0 Å². The van der Waals surface area contributed by atoms with Crippen molar-refractivity contribution in [1.82, 2.24) is 5.32 Å². The van der Waals surface area contributed by atoms with Crippen molar-refractivity contribution in [2.24, 2.45) is 0 Å². The normalized spacial score (nSPS) is 12.1. The number of nitriles is 1. The number of halogens is 1. The van der Waals surface area contributed by atoms with Crippen molar-refractivity contribution >= 4 is 0 Å². The molecule has 1 aromatic rings. The van der Waals surface area contributed by atoms with Crippen LogP contribution >= 0.6 is 0 Å². The maximum atomic E-state index is 13.3. The van der Waals surface area contributed by atoms with E-state index in [1.807, 2.05) is 0 Å². The van der Waals surface area contributed by atoms with Crippen molar-refractivity contribution in [1.29, 1.82) is 5.26 Å². The molecular formula is C12H15FN2O. The Labute approximate surface area is 94.5 Å². The zero-order chi connectivity index (χ0) is 12.0. The number of aryl methyl sites for hydroxylation is 1. The highest BCUT2D eigenvalue weighted by Gasteiger charge is 2.10. The lowest BCUT2D eigenvalue weighted by atomic mass is 10.1. The molecule has 0 aliphatic heterocycles. The summed E-state index contributed by atoms with van der Waals surface area (Å²) in [5.74, 6) is -0.304. The Morgan fingerprint density at radius 3 is 2.88 bits per heavy atom. The lowest BCUT2D eigenvalue weighted by Crippen LogP contribution is -2.22. The van der Waals surface area contributed by atoms with E-state index >= 15 is 0 Å². The molecule has 0 bridgehead atoms. The predicted octanol–water partition coefficient (Wildman–Crippen LogP) is 1.67. The van der Waals surface area contributed by atoms with Crippen LogP contribution in [0.2, 0.25) is 0 Å². The summed E-state index contributed by atoms with van der Waals surface area (Å²) in [6, 6.07) is 6.30. The summed E-state index contributed by atoms with van der Waals surface area (Å²) in [6.45, 7) is 2.29. The minimum absolute atomic E-state index is 0.0768. The third-order valence-electron chi connectivity index (χ3n) is 2.34. The van der Waals surface area contributed by atoms with Gasteiger partial charge < -0.3 is 5.11 Å². The molecule has 0 aromatic heterocycles. The summed E-state index contributed by atoms with van der Waals surface area (Å²) in [6.07, 6.45) is 0.576. The SMILES string of the molecule is Cc1ccc(C(C#N)NCCCO)cc1F. The summed E-state index contributed by atoms with van der Waals surface area (Å²) in [5.41, 5.74) is 1.18. The maximum Gasteiger partial charge on any atom is 0.126 e. The highest BCUT2D eigenvalue weighted by molar-refractivity contribution is 5.28. The molecule has 0 radical (unpaired) electrons. The molecule has 0 amide bonds. The van der Waals surface area contributed by atoms with Crippen LogP contribution < -0.4 is 5.32 Å². The average molecular weight is 222 g/mol. The highest BCUT2D eigenvalue weighted by Crippen LogP contribution is 2.16. The Balaban J connectivity index is 2.72. The van der Waals surface area contributed by atoms with Gasteiger partial charge in [0.15, 0.2) is 0 Å². The molecule has 1 atom stereocenters. The van der Waals surface area contributed by atoms with E-state index in [2.05, 4.69) is 11.4 Å². The zero-order valence-corrected chi connectivity index (χ0v) is 9.20. The van der Waals surface area contributed by atoms with E-state index in [0.29, 0.717) is 24.1 Å². The van der Waals surface area contributed by atoms with Gasteiger partial charge in [0.25, 0.3) is 0 Å². The number of hydrogen-bond donors (Lipinski definition) is 2. The Hall–Kier alpha value is -1.44. The minimum Gasteiger partial charge on any atom is -0.396 e. The van der Waals surface area contributed by atoms with Gasteiger partial charge in [-0.15, -0.1) is 0 Å². The van der Waals surface area contributed by atoms with Crippen molar-refractivity contribution < 1.29 is 9.50 Å². The van der Waals surface area contributed by atoms with Gasteiger partial charge in [0.1, 0.15) is 11.9 Å². The van der Waals surface area contributed by atoms with Crippen LogP contribution in [0.5, 0.6) is 0 Å². The van der Waals surface area contributed by atoms with Gasteiger partial charge in [-0.3, -0.25) is 5.32 Å². The minimum atomic E-state index is -0.526. The summed E-state index contributed by atoms with van der Waals surface area (Å²) >= 11 is 0. The standard InChI is InChI=1S/C12H15FN2O/c1-9-3-4-10(7-11(9)13)12(8-14)15-5-2-6-16/h3-4,7,12,15-16H,2,5-6H2,1H3. The number of nitrogens with zero attached hydrogens (tertiary/aromatic N) is 1. The van der Waals surface area contributed by atoms with Crippen LogP contribution in [0.15, 0.2) is 18.2 Å². The van der Waals surface area contributed by atoms with Gasteiger partial charge in [-0.1, -0.05) is 12.1 Å². The monoisotopic (exact) mass is 222 g/mol. The molecule has 0 fully saturated rings. The van der Waals surface area contributed by atoms with Gasteiger partial charge in [-0.25, -0.2) is 4.39 Å². The van der Waals surface area contributed by atoms with Crippen molar-refractivity contribution in [3.63, 3.8) is 0 Å². The molecule has 0 aliphatic rings. The number of benzene rings is 1. The lowest BCUT2D eigenvalue weighted by molar-refractivity contribution is 0.285. The first-order chi connectivity index (χ1) is 7.69. The summed E-state index contributed by atoms with van der Waals surface area (Å²) in [7, 11) is 0. The van der Waals surface area contributed by atoms with Crippen molar-refractivity contribution in [3.8, 4) is 6.07 Å². The van der Waals surface area contributed by atoms with Crippen LogP contribution in [0.3, 0.4) is 0 Å². The van der Waals surface area contributed by atoms with Crippen LogP contribution in [0.4, 0.5) is 4.39 Å². The highest BCUT2D eigenvalue weighted by atomic mass is 19.1. The molecule has 2 N–H and O–H groups in total. The van der Waals surface area contributed by atoms with Crippen molar-refractivity contribution in [2.75, 3.05) is 13.2 Å². The predicted molar refractivity (Wildman–Crippen MR) is 59.2 cm³/mol. The molecule has 16 heavy (non-hydrogen) atoms. The van der Waals surface area contributed by atoms with Crippen molar-refractivity contribution in [2.45, 2.75) is 19.4 Å². The van der Waals surface area contributed by atoms with E-state index in [1.54, 1.807) is 19.1 Å². The van der Waals surface area contributed by atoms with Crippen LogP contribution in [-0.4, -0.2) is 18.3 Å². The van der Waals surface area contributed by atoms with Gasteiger partial charge in [0, 0.05) is 6.61 Å². The maximum absolute atomic E-state index is 13.3. The smallest absolute Gasteiger partial charge is 0.126 e. The van der Waals surface area contributed by atoms with Crippen LogP contribution in [0, 0.1) is 24.1 Å². The first-order valence-electron chi connectivity index (χ1n) is 5.19. The molecule has 0 spiro atoms. The lowest BCUT2D eigenvalue weighted by Gasteiger charge is -2.11. The second-order valence-electron chi connectivity index (χ2n) is 3.60. The Morgan fingerprint density at radius 1 is 1.56 bits per heavy atom. The molecule has 0 aliphatic carbocycles. The second-order valence-corrected chi connectivity index (χ2v) is 3.60. The van der Waals surface area contributed by atoms with E-state index in [9.17, 15) is 4.39 Å².